The van der Waals surface area contributed by atoms with E-state index in [9.17, 15) is 8.42 Å². The summed E-state index contributed by atoms with van der Waals surface area (Å²) in [6, 6.07) is 8.00. The molecule has 7 nitrogen and oxygen atoms in total. The van der Waals surface area contributed by atoms with Crippen LogP contribution in [0, 0.1) is 4.77 Å². The van der Waals surface area contributed by atoms with Crippen LogP contribution in [0.25, 0.3) is 0 Å². The summed E-state index contributed by atoms with van der Waals surface area (Å²) in [5, 5.41) is 4.71. The predicted octanol–water partition coefficient (Wildman–Crippen LogP) is 1.18. The molecule has 0 bridgehead atoms. The van der Waals surface area contributed by atoms with Crippen LogP contribution in [0.2, 0.25) is 0 Å². The lowest BCUT2D eigenvalue weighted by Gasteiger charge is -2.14. The van der Waals surface area contributed by atoms with Gasteiger partial charge in [-0.15, -0.1) is 6.58 Å². The van der Waals surface area contributed by atoms with Crippen molar-refractivity contribution in [2.75, 3.05) is 25.7 Å². The molecule has 0 radical (unpaired) electrons. The maximum Gasteiger partial charge on any atom is 0.203 e. The predicted molar refractivity (Wildman–Crippen MR) is 111 cm³/mol. The molecule has 1 N–H and O–H groups in total. The molecule has 3 rings (SSSR count). The minimum Gasteiger partial charge on any atom is -0.497 e. The summed E-state index contributed by atoms with van der Waals surface area (Å²) >= 11 is 5.62. The molecule has 1 saturated heterocycles. The highest BCUT2D eigenvalue weighted by Gasteiger charge is 2.33. The third kappa shape index (κ3) is 4.71. The Labute approximate surface area is 171 Å². The van der Waals surface area contributed by atoms with E-state index in [1.807, 2.05) is 28.8 Å². The van der Waals surface area contributed by atoms with Gasteiger partial charge >= 0.3 is 0 Å². The fourth-order valence-electron chi connectivity index (χ4n) is 3.57. The number of hydrogen-bond acceptors (Lipinski definition) is 5. The lowest BCUT2D eigenvalue weighted by atomic mass is 10.1. The number of sulfone groups is 1. The lowest BCUT2D eigenvalue weighted by Crippen LogP contribution is -3.07. The first kappa shape index (κ1) is 20.8. The molecule has 152 valence electrons. The van der Waals surface area contributed by atoms with Crippen molar-refractivity contribution in [3.63, 3.8) is 0 Å². The second-order valence-corrected chi connectivity index (χ2v) is 9.87. The summed E-state index contributed by atoms with van der Waals surface area (Å²) in [5.41, 5.74) is 1.19. The van der Waals surface area contributed by atoms with Gasteiger partial charge in [0.1, 0.15) is 18.1 Å². The quantitative estimate of drug-likeness (QED) is 0.510. The first-order chi connectivity index (χ1) is 13.3. The largest absolute Gasteiger partial charge is 0.497 e. The van der Waals surface area contributed by atoms with Crippen LogP contribution < -0.4 is 9.64 Å². The van der Waals surface area contributed by atoms with Gasteiger partial charge in [-0.3, -0.25) is 4.57 Å². The molecular weight excluding hydrogens is 396 g/mol. The Morgan fingerprint density at radius 1 is 1.39 bits per heavy atom. The van der Waals surface area contributed by atoms with Crippen LogP contribution in [0.4, 0.5) is 0 Å². The molecule has 1 fully saturated rings. The van der Waals surface area contributed by atoms with Gasteiger partial charge in [0.15, 0.2) is 16.5 Å². The minimum absolute atomic E-state index is 0.102. The molecule has 0 saturated carbocycles. The molecule has 2 atom stereocenters. The van der Waals surface area contributed by atoms with E-state index in [1.165, 1.54) is 10.5 Å². The van der Waals surface area contributed by atoms with Crippen LogP contribution in [-0.2, 0) is 29.6 Å². The maximum absolute atomic E-state index is 11.9. The van der Waals surface area contributed by atoms with Crippen molar-refractivity contribution in [2.24, 2.45) is 0 Å². The summed E-state index contributed by atoms with van der Waals surface area (Å²) in [6.07, 6.45) is 2.36. The Balaban J connectivity index is 1.78. The highest BCUT2D eigenvalue weighted by molar-refractivity contribution is 7.91. The van der Waals surface area contributed by atoms with Crippen molar-refractivity contribution in [3.05, 3.63) is 53.1 Å². The number of methoxy groups -OCH3 is 1. The van der Waals surface area contributed by atoms with Crippen molar-refractivity contribution in [2.45, 2.75) is 32.1 Å². The van der Waals surface area contributed by atoms with Crippen LogP contribution >= 0.6 is 12.2 Å². The number of allylic oxidation sites excluding steroid dienone is 1. The van der Waals surface area contributed by atoms with Gasteiger partial charge in [-0.25, -0.2) is 8.42 Å². The van der Waals surface area contributed by atoms with Gasteiger partial charge in [0.2, 0.25) is 4.77 Å². The Morgan fingerprint density at radius 2 is 2.11 bits per heavy atom. The van der Waals surface area contributed by atoms with Crippen LogP contribution in [0.5, 0.6) is 5.75 Å². The summed E-state index contributed by atoms with van der Waals surface area (Å²) in [5.74, 6) is 1.85. The Morgan fingerprint density at radius 3 is 2.68 bits per heavy atom. The fraction of sp³-hybridized carbons (Fsp3) is 0.474. The zero-order chi connectivity index (χ0) is 20.3. The normalized spacial score (nSPS) is 19.4. The van der Waals surface area contributed by atoms with Crippen molar-refractivity contribution >= 4 is 22.1 Å². The summed E-state index contributed by atoms with van der Waals surface area (Å²) in [7, 11) is 0.749. The zero-order valence-electron chi connectivity index (χ0n) is 16.3. The smallest absolute Gasteiger partial charge is 0.203 e. The standard InChI is InChI=1S/C19H26N4O3S2/c1-4-10-22-18(16-9-11-28(24,25)13-16)20-23(19(22)27)14-21(2)12-15-5-7-17(26-3)8-6-15/h4-8,16H,1,9-14H2,2-3H3/p+1/t16-/m0/s1. The number of benzene rings is 1. The van der Waals surface area contributed by atoms with Gasteiger partial charge in [-0.1, -0.05) is 6.08 Å². The van der Waals surface area contributed by atoms with Gasteiger partial charge in [-0.05, 0) is 42.9 Å². The Bertz CT molecular complexity index is 993. The SMILES string of the molecule is C=CCn1c([C@H]2CCS(=O)(=O)C2)nn(C[NH+](C)Cc2ccc(OC)cc2)c1=S. The van der Waals surface area contributed by atoms with Crippen molar-refractivity contribution in [1.29, 1.82) is 0 Å². The summed E-state index contributed by atoms with van der Waals surface area (Å²) in [6.45, 7) is 5.74. The van der Waals surface area contributed by atoms with E-state index in [4.69, 9.17) is 22.1 Å². The third-order valence-electron chi connectivity index (χ3n) is 4.95. The van der Waals surface area contributed by atoms with Gasteiger partial charge in [0.05, 0.1) is 25.7 Å². The second-order valence-electron chi connectivity index (χ2n) is 7.28. The Kier molecular flexibility index (Phi) is 6.36. The number of nitrogens with zero attached hydrogens (tertiary/aromatic N) is 3. The highest BCUT2D eigenvalue weighted by Crippen LogP contribution is 2.28. The molecule has 0 spiro atoms. The monoisotopic (exact) mass is 423 g/mol. The molecular formula is C19H27N4O3S2+. The van der Waals surface area contributed by atoms with E-state index in [1.54, 1.807) is 17.9 Å². The topological polar surface area (TPSA) is 70.6 Å². The van der Waals surface area contributed by atoms with E-state index in [-0.39, 0.29) is 17.4 Å². The molecule has 2 heterocycles. The molecule has 9 heteroatoms. The number of ether oxygens (including phenoxy) is 1. The number of rotatable bonds is 8. The van der Waals surface area contributed by atoms with Gasteiger partial charge in [0.25, 0.3) is 0 Å². The first-order valence-electron chi connectivity index (χ1n) is 9.26. The Hall–Kier alpha value is -1.97. The van der Waals surface area contributed by atoms with E-state index >= 15 is 0 Å². The van der Waals surface area contributed by atoms with E-state index in [2.05, 4.69) is 13.6 Å². The molecule has 1 aliphatic heterocycles. The molecule has 0 amide bonds. The number of aromatic nitrogens is 3. The average molecular weight is 424 g/mol. The van der Waals surface area contributed by atoms with Crippen molar-refractivity contribution in [3.8, 4) is 5.75 Å². The van der Waals surface area contributed by atoms with Crippen LogP contribution in [0.3, 0.4) is 0 Å². The van der Waals surface area contributed by atoms with Gasteiger partial charge in [-0.2, -0.15) is 9.78 Å². The highest BCUT2D eigenvalue weighted by atomic mass is 32.2. The average Bonchev–Trinajstić information content (AvgIpc) is 3.16. The number of nitrogens with one attached hydrogen (secondary N) is 1. The number of hydrogen-bond donors (Lipinski definition) is 1. The van der Waals surface area contributed by atoms with Gasteiger partial charge in [0, 0.05) is 18.0 Å². The van der Waals surface area contributed by atoms with E-state index in [0.29, 0.717) is 24.4 Å². The summed E-state index contributed by atoms with van der Waals surface area (Å²) < 4.78 is 33.3. The van der Waals surface area contributed by atoms with Crippen molar-refractivity contribution < 1.29 is 18.1 Å². The third-order valence-corrected chi connectivity index (χ3v) is 7.14. The molecule has 28 heavy (non-hydrogen) atoms. The maximum atomic E-state index is 11.9. The van der Waals surface area contributed by atoms with E-state index in [0.717, 1.165) is 18.1 Å². The summed E-state index contributed by atoms with van der Waals surface area (Å²) in [4.78, 5) is 1.22. The molecule has 1 aromatic carbocycles. The second kappa shape index (κ2) is 8.59. The molecule has 1 unspecified atom stereocenters. The molecule has 1 aromatic heterocycles. The van der Waals surface area contributed by atoms with E-state index < -0.39 is 9.84 Å². The van der Waals surface area contributed by atoms with Crippen LogP contribution in [0.1, 0.15) is 23.7 Å². The lowest BCUT2D eigenvalue weighted by molar-refractivity contribution is -0.917. The fourth-order valence-corrected chi connectivity index (χ4v) is 5.58. The number of quaternary nitrogens is 1. The molecule has 0 aliphatic carbocycles. The minimum atomic E-state index is -2.99. The van der Waals surface area contributed by atoms with Crippen LogP contribution in [0.15, 0.2) is 36.9 Å². The zero-order valence-corrected chi connectivity index (χ0v) is 17.9. The van der Waals surface area contributed by atoms with Gasteiger partial charge < -0.3 is 9.64 Å². The molecule has 1 aliphatic rings. The van der Waals surface area contributed by atoms with Crippen LogP contribution in [-0.4, -0.2) is 48.4 Å². The van der Waals surface area contributed by atoms with Crippen molar-refractivity contribution in [1.82, 2.24) is 14.3 Å². The first-order valence-corrected chi connectivity index (χ1v) is 11.5. The molecule has 2 aromatic rings.